The number of halogens is 5. The Morgan fingerprint density at radius 1 is 0.952 bits per heavy atom. The first kappa shape index (κ1) is 16.2. The molecule has 2 rings (SSSR count). The standard InChI is InChI=1S/C14H17F5N2/c1-7(20)8-2-4-21(5-3-8)6-9-10(15)12(17)14(19)13(18)11(9)16/h7-8H,2-6,20H2,1H3. The number of likely N-dealkylation sites (tertiary alicyclic amines) is 1. The summed E-state index contributed by atoms with van der Waals surface area (Å²) >= 11 is 0. The van der Waals surface area contributed by atoms with E-state index in [1.807, 2.05) is 6.92 Å². The van der Waals surface area contributed by atoms with E-state index in [0.29, 0.717) is 19.0 Å². The average Bonchev–Trinajstić information content (AvgIpc) is 2.48. The van der Waals surface area contributed by atoms with Crippen LogP contribution < -0.4 is 5.73 Å². The van der Waals surface area contributed by atoms with Crippen LogP contribution in [0.5, 0.6) is 0 Å². The number of nitrogens with two attached hydrogens (primary N) is 1. The molecule has 0 radical (unpaired) electrons. The Balaban J connectivity index is 2.15. The van der Waals surface area contributed by atoms with Gasteiger partial charge in [0.05, 0.1) is 0 Å². The normalized spacial score (nSPS) is 19.0. The molecule has 0 spiro atoms. The van der Waals surface area contributed by atoms with Gasteiger partial charge in [-0.15, -0.1) is 0 Å². The molecule has 1 aromatic rings. The maximum Gasteiger partial charge on any atom is 0.200 e. The van der Waals surface area contributed by atoms with Crippen LogP contribution in [0.25, 0.3) is 0 Å². The highest BCUT2D eigenvalue weighted by Crippen LogP contribution is 2.26. The quantitative estimate of drug-likeness (QED) is 0.528. The van der Waals surface area contributed by atoms with Gasteiger partial charge in [-0.1, -0.05) is 0 Å². The minimum atomic E-state index is -2.12. The summed E-state index contributed by atoms with van der Waals surface area (Å²) in [5.41, 5.74) is 5.02. The van der Waals surface area contributed by atoms with E-state index < -0.39 is 34.6 Å². The number of nitrogens with zero attached hydrogens (tertiary/aromatic N) is 1. The molecular weight excluding hydrogens is 291 g/mol. The molecule has 0 bridgehead atoms. The van der Waals surface area contributed by atoms with E-state index >= 15 is 0 Å². The van der Waals surface area contributed by atoms with Gasteiger partial charge >= 0.3 is 0 Å². The molecule has 1 aliphatic rings. The van der Waals surface area contributed by atoms with Gasteiger partial charge in [-0.2, -0.15) is 0 Å². The largest absolute Gasteiger partial charge is 0.328 e. The molecule has 1 aliphatic heterocycles. The van der Waals surface area contributed by atoms with Crippen molar-refractivity contribution in [2.45, 2.75) is 32.4 Å². The van der Waals surface area contributed by atoms with Gasteiger partial charge in [0.1, 0.15) is 0 Å². The monoisotopic (exact) mass is 308 g/mol. The van der Waals surface area contributed by atoms with Gasteiger partial charge in [0.15, 0.2) is 23.3 Å². The molecular formula is C14H17F5N2. The highest BCUT2D eigenvalue weighted by molar-refractivity contribution is 5.24. The summed E-state index contributed by atoms with van der Waals surface area (Å²) in [7, 11) is 0. The highest BCUT2D eigenvalue weighted by atomic mass is 19.2. The first-order chi connectivity index (χ1) is 9.82. The Bertz CT molecular complexity index is 496. The Morgan fingerprint density at radius 2 is 1.38 bits per heavy atom. The number of hydrogen-bond donors (Lipinski definition) is 1. The molecule has 21 heavy (non-hydrogen) atoms. The van der Waals surface area contributed by atoms with Crippen molar-refractivity contribution in [1.82, 2.24) is 4.90 Å². The molecule has 1 saturated heterocycles. The molecule has 1 aromatic carbocycles. The fourth-order valence-electron chi connectivity index (χ4n) is 2.65. The van der Waals surface area contributed by atoms with E-state index in [9.17, 15) is 22.0 Å². The van der Waals surface area contributed by atoms with Gasteiger partial charge in [-0.05, 0) is 38.8 Å². The smallest absolute Gasteiger partial charge is 0.200 e. The molecule has 0 aliphatic carbocycles. The molecule has 0 saturated carbocycles. The predicted molar refractivity (Wildman–Crippen MR) is 67.9 cm³/mol. The molecule has 2 nitrogen and oxygen atoms in total. The second kappa shape index (κ2) is 6.27. The fourth-order valence-corrected chi connectivity index (χ4v) is 2.65. The summed E-state index contributed by atoms with van der Waals surface area (Å²) in [6, 6.07) is 0.0290. The zero-order valence-corrected chi connectivity index (χ0v) is 11.6. The highest BCUT2D eigenvalue weighted by Gasteiger charge is 2.28. The van der Waals surface area contributed by atoms with E-state index in [2.05, 4.69) is 0 Å². The average molecular weight is 308 g/mol. The lowest BCUT2D eigenvalue weighted by atomic mass is 9.91. The molecule has 118 valence electrons. The Labute approximate surface area is 119 Å². The SMILES string of the molecule is CC(N)C1CCN(Cc2c(F)c(F)c(F)c(F)c2F)CC1. The maximum absolute atomic E-state index is 13.6. The Hall–Kier alpha value is -1.21. The lowest BCUT2D eigenvalue weighted by molar-refractivity contribution is 0.161. The summed E-state index contributed by atoms with van der Waals surface area (Å²) in [4.78, 5) is 1.68. The van der Waals surface area contributed by atoms with Crippen molar-refractivity contribution in [2.24, 2.45) is 11.7 Å². The van der Waals surface area contributed by atoms with Gasteiger partial charge in [0.2, 0.25) is 5.82 Å². The lowest BCUT2D eigenvalue weighted by Gasteiger charge is -2.33. The summed E-state index contributed by atoms with van der Waals surface area (Å²) in [6.45, 7) is 2.64. The van der Waals surface area contributed by atoms with Crippen LogP contribution in [-0.2, 0) is 6.54 Å². The van der Waals surface area contributed by atoms with Crippen LogP contribution in [0.3, 0.4) is 0 Å². The van der Waals surface area contributed by atoms with Crippen molar-refractivity contribution in [3.63, 3.8) is 0 Å². The third kappa shape index (κ3) is 3.18. The van der Waals surface area contributed by atoms with Gasteiger partial charge in [0.25, 0.3) is 0 Å². The molecule has 1 fully saturated rings. The van der Waals surface area contributed by atoms with E-state index in [1.165, 1.54) is 0 Å². The summed E-state index contributed by atoms with van der Waals surface area (Å²) < 4.78 is 66.4. The van der Waals surface area contributed by atoms with Crippen molar-refractivity contribution in [1.29, 1.82) is 0 Å². The minimum absolute atomic E-state index is 0.0290. The van der Waals surface area contributed by atoms with Crippen LogP contribution in [0.1, 0.15) is 25.3 Å². The number of benzene rings is 1. The third-order valence-electron chi connectivity index (χ3n) is 4.06. The Morgan fingerprint density at radius 3 is 1.81 bits per heavy atom. The van der Waals surface area contributed by atoms with Crippen LogP contribution in [0.15, 0.2) is 0 Å². The minimum Gasteiger partial charge on any atom is -0.328 e. The lowest BCUT2D eigenvalue weighted by Crippen LogP contribution is -2.39. The van der Waals surface area contributed by atoms with Crippen molar-refractivity contribution in [3.8, 4) is 0 Å². The zero-order chi connectivity index (χ0) is 15.7. The topological polar surface area (TPSA) is 29.3 Å². The molecule has 1 atom stereocenters. The van der Waals surface area contributed by atoms with Crippen LogP contribution in [0, 0.1) is 35.0 Å². The van der Waals surface area contributed by atoms with Crippen molar-refractivity contribution in [2.75, 3.05) is 13.1 Å². The Kier molecular flexibility index (Phi) is 4.83. The first-order valence-corrected chi connectivity index (χ1v) is 6.81. The number of piperidine rings is 1. The van der Waals surface area contributed by atoms with E-state index in [4.69, 9.17) is 5.73 Å². The first-order valence-electron chi connectivity index (χ1n) is 6.81. The van der Waals surface area contributed by atoms with Crippen LogP contribution >= 0.6 is 0 Å². The predicted octanol–water partition coefficient (Wildman–Crippen LogP) is 2.94. The number of hydrogen-bond acceptors (Lipinski definition) is 2. The second-order valence-corrected chi connectivity index (χ2v) is 5.52. The van der Waals surface area contributed by atoms with E-state index in [1.54, 1.807) is 4.90 Å². The van der Waals surface area contributed by atoms with Crippen molar-refractivity contribution >= 4 is 0 Å². The molecule has 2 N–H and O–H groups in total. The molecule has 7 heteroatoms. The van der Waals surface area contributed by atoms with Crippen LogP contribution in [-0.4, -0.2) is 24.0 Å². The summed E-state index contributed by atoms with van der Waals surface area (Å²) in [5.74, 6) is -9.09. The van der Waals surface area contributed by atoms with Crippen LogP contribution in [0.2, 0.25) is 0 Å². The van der Waals surface area contributed by atoms with Gasteiger partial charge in [-0.25, -0.2) is 22.0 Å². The zero-order valence-electron chi connectivity index (χ0n) is 11.6. The van der Waals surface area contributed by atoms with Gasteiger partial charge < -0.3 is 5.73 Å². The van der Waals surface area contributed by atoms with Crippen molar-refractivity contribution in [3.05, 3.63) is 34.6 Å². The molecule has 0 amide bonds. The fraction of sp³-hybridized carbons (Fsp3) is 0.571. The van der Waals surface area contributed by atoms with Gasteiger partial charge in [-0.3, -0.25) is 4.90 Å². The van der Waals surface area contributed by atoms with E-state index in [0.717, 1.165) is 12.8 Å². The van der Waals surface area contributed by atoms with E-state index in [-0.39, 0.29) is 12.6 Å². The van der Waals surface area contributed by atoms with Crippen molar-refractivity contribution < 1.29 is 22.0 Å². The molecule has 0 aromatic heterocycles. The maximum atomic E-state index is 13.6. The van der Waals surface area contributed by atoms with Gasteiger partial charge in [0, 0.05) is 18.2 Å². The van der Waals surface area contributed by atoms with Crippen LogP contribution in [0.4, 0.5) is 22.0 Å². The summed E-state index contributed by atoms with van der Waals surface area (Å²) in [6.07, 6.45) is 1.49. The number of rotatable bonds is 3. The molecule has 1 heterocycles. The second-order valence-electron chi connectivity index (χ2n) is 5.52. The third-order valence-corrected chi connectivity index (χ3v) is 4.06. The molecule has 1 unspecified atom stereocenters. The summed E-state index contributed by atoms with van der Waals surface area (Å²) in [5, 5.41) is 0.